The average Bonchev–Trinajstić information content (AvgIpc) is 2.29. The van der Waals surface area contributed by atoms with Gasteiger partial charge in [-0.15, -0.1) is 0 Å². The molecule has 1 aromatic carbocycles. The van der Waals surface area contributed by atoms with Crippen LogP contribution in [0.1, 0.15) is 13.3 Å². The quantitative estimate of drug-likeness (QED) is 0.899. The van der Waals surface area contributed by atoms with Crippen LogP contribution in [0, 0.1) is 5.82 Å². The molecule has 0 saturated carbocycles. The maximum atomic E-state index is 13.9. The van der Waals surface area contributed by atoms with Crippen molar-refractivity contribution >= 4 is 21.6 Å². The molecule has 0 spiro atoms. The molecule has 2 nitrogen and oxygen atoms in total. The summed E-state index contributed by atoms with van der Waals surface area (Å²) in [5.74, 6) is -0.144. The van der Waals surface area contributed by atoms with Crippen LogP contribution in [0.5, 0.6) is 0 Å². The van der Waals surface area contributed by atoms with Crippen molar-refractivity contribution in [2.24, 2.45) is 0 Å². The number of nitrogens with zero attached hydrogens (tertiary/aromatic N) is 1. The molecule has 1 fully saturated rings. The van der Waals surface area contributed by atoms with Crippen LogP contribution in [0.2, 0.25) is 0 Å². The molecule has 1 saturated heterocycles. The van der Waals surface area contributed by atoms with Crippen molar-refractivity contribution in [3.05, 3.63) is 28.5 Å². The molecule has 0 aliphatic carbocycles. The molecule has 0 radical (unpaired) electrons. The second kappa shape index (κ2) is 5.15. The van der Waals surface area contributed by atoms with Gasteiger partial charge in [0.15, 0.2) is 0 Å². The first-order chi connectivity index (χ1) is 7.74. The third kappa shape index (κ3) is 2.23. The van der Waals surface area contributed by atoms with E-state index in [0.717, 1.165) is 30.5 Å². The van der Waals surface area contributed by atoms with Crippen molar-refractivity contribution in [3.63, 3.8) is 0 Å². The number of nitrogens with one attached hydrogen (secondary N) is 1. The summed E-state index contributed by atoms with van der Waals surface area (Å²) >= 11 is 3.44. The second-order valence-corrected chi connectivity index (χ2v) is 4.88. The highest BCUT2D eigenvalue weighted by atomic mass is 79.9. The Bertz CT molecular complexity index is 350. The Labute approximate surface area is 104 Å². The zero-order valence-corrected chi connectivity index (χ0v) is 10.9. The van der Waals surface area contributed by atoms with E-state index in [4.69, 9.17) is 0 Å². The Hall–Kier alpha value is -0.610. The van der Waals surface area contributed by atoms with Crippen LogP contribution in [0.15, 0.2) is 22.7 Å². The minimum atomic E-state index is -0.144. The number of hydrogen-bond donors (Lipinski definition) is 1. The second-order valence-electron chi connectivity index (χ2n) is 4.03. The van der Waals surface area contributed by atoms with E-state index >= 15 is 0 Å². The fraction of sp³-hybridized carbons (Fsp3) is 0.500. The van der Waals surface area contributed by atoms with E-state index in [0.29, 0.717) is 11.7 Å². The largest absolute Gasteiger partial charge is 0.363 e. The van der Waals surface area contributed by atoms with Crippen LogP contribution in [-0.4, -0.2) is 25.7 Å². The van der Waals surface area contributed by atoms with Gasteiger partial charge in [-0.3, -0.25) is 0 Å². The zero-order chi connectivity index (χ0) is 11.5. The van der Waals surface area contributed by atoms with E-state index in [1.807, 2.05) is 6.07 Å². The van der Waals surface area contributed by atoms with Crippen molar-refractivity contribution < 1.29 is 4.39 Å². The Morgan fingerprint density at radius 2 is 2.38 bits per heavy atom. The van der Waals surface area contributed by atoms with Crippen molar-refractivity contribution in [2.75, 3.05) is 24.5 Å². The van der Waals surface area contributed by atoms with Gasteiger partial charge >= 0.3 is 0 Å². The fourth-order valence-electron chi connectivity index (χ4n) is 2.18. The minimum Gasteiger partial charge on any atom is -0.363 e. The molecule has 0 aromatic heterocycles. The van der Waals surface area contributed by atoms with Gasteiger partial charge in [0.25, 0.3) is 0 Å². The van der Waals surface area contributed by atoms with E-state index in [9.17, 15) is 4.39 Å². The highest BCUT2D eigenvalue weighted by Gasteiger charge is 2.24. The SMILES string of the molecule is CCC1CNCCN1c1c(F)cccc1Br. The minimum absolute atomic E-state index is 0.144. The van der Waals surface area contributed by atoms with E-state index in [2.05, 4.69) is 33.1 Å². The molecule has 1 aromatic rings. The third-order valence-corrected chi connectivity index (χ3v) is 3.69. The summed E-state index contributed by atoms with van der Waals surface area (Å²) < 4.78 is 14.7. The molecule has 1 aliphatic rings. The highest BCUT2D eigenvalue weighted by Crippen LogP contribution is 2.31. The highest BCUT2D eigenvalue weighted by molar-refractivity contribution is 9.10. The first-order valence-corrected chi connectivity index (χ1v) is 6.44. The van der Waals surface area contributed by atoms with E-state index in [-0.39, 0.29) is 5.82 Å². The monoisotopic (exact) mass is 286 g/mol. The molecule has 1 N–H and O–H groups in total. The summed E-state index contributed by atoms with van der Waals surface area (Å²) in [7, 11) is 0. The summed E-state index contributed by atoms with van der Waals surface area (Å²) in [6.45, 7) is 4.84. The van der Waals surface area contributed by atoms with Gasteiger partial charge in [-0.05, 0) is 34.5 Å². The molecule has 0 amide bonds. The number of hydrogen-bond acceptors (Lipinski definition) is 2. The van der Waals surface area contributed by atoms with Crippen LogP contribution in [0.25, 0.3) is 0 Å². The summed E-state index contributed by atoms with van der Waals surface area (Å²) in [6.07, 6.45) is 1.02. The number of benzene rings is 1. The average molecular weight is 287 g/mol. The van der Waals surface area contributed by atoms with E-state index in [1.54, 1.807) is 6.07 Å². The lowest BCUT2D eigenvalue weighted by molar-refractivity contribution is 0.458. The van der Waals surface area contributed by atoms with Crippen LogP contribution in [-0.2, 0) is 0 Å². The normalized spacial score (nSPS) is 21.2. The maximum absolute atomic E-state index is 13.9. The van der Waals surface area contributed by atoms with Gasteiger partial charge in [0.05, 0.1) is 5.69 Å². The van der Waals surface area contributed by atoms with Crippen molar-refractivity contribution in [1.29, 1.82) is 0 Å². The first kappa shape index (κ1) is 11.9. The molecular formula is C12H16BrFN2. The standard InChI is InChI=1S/C12H16BrFN2/c1-2-9-8-15-6-7-16(9)12-10(13)4-3-5-11(12)14/h3-5,9,15H,2,6-8H2,1H3. The first-order valence-electron chi connectivity index (χ1n) is 5.65. The molecular weight excluding hydrogens is 271 g/mol. The Morgan fingerprint density at radius 3 is 3.06 bits per heavy atom. The van der Waals surface area contributed by atoms with Gasteiger partial charge in [0.1, 0.15) is 5.82 Å². The Kier molecular flexibility index (Phi) is 3.82. The van der Waals surface area contributed by atoms with Crippen LogP contribution >= 0.6 is 15.9 Å². The number of para-hydroxylation sites is 1. The molecule has 2 rings (SSSR count). The Morgan fingerprint density at radius 1 is 1.56 bits per heavy atom. The van der Waals surface area contributed by atoms with Gasteiger partial charge in [0, 0.05) is 30.1 Å². The summed E-state index contributed by atoms with van der Waals surface area (Å²) in [5.41, 5.74) is 0.704. The molecule has 1 unspecified atom stereocenters. The molecule has 88 valence electrons. The van der Waals surface area contributed by atoms with Gasteiger partial charge in [-0.25, -0.2) is 4.39 Å². The fourth-order valence-corrected chi connectivity index (χ4v) is 2.75. The van der Waals surface area contributed by atoms with Crippen molar-refractivity contribution in [3.8, 4) is 0 Å². The predicted octanol–water partition coefficient (Wildman–Crippen LogP) is 2.78. The topological polar surface area (TPSA) is 15.3 Å². The Balaban J connectivity index is 2.34. The molecule has 1 heterocycles. The third-order valence-electron chi connectivity index (χ3n) is 3.05. The van der Waals surface area contributed by atoms with Gasteiger partial charge < -0.3 is 10.2 Å². The smallest absolute Gasteiger partial charge is 0.147 e. The summed E-state index contributed by atoms with van der Waals surface area (Å²) in [6, 6.07) is 5.52. The summed E-state index contributed by atoms with van der Waals surface area (Å²) in [5, 5.41) is 3.34. The molecule has 16 heavy (non-hydrogen) atoms. The van der Waals surface area contributed by atoms with Crippen LogP contribution < -0.4 is 10.2 Å². The molecule has 1 aliphatic heterocycles. The van der Waals surface area contributed by atoms with Crippen molar-refractivity contribution in [2.45, 2.75) is 19.4 Å². The van der Waals surface area contributed by atoms with Crippen LogP contribution in [0.3, 0.4) is 0 Å². The zero-order valence-electron chi connectivity index (χ0n) is 9.34. The maximum Gasteiger partial charge on any atom is 0.147 e. The molecule has 4 heteroatoms. The van der Waals surface area contributed by atoms with Crippen molar-refractivity contribution in [1.82, 2.24) is 5.32 Å². The number of anilines is 1. The van der Waals surface area contributed by atoms with Crippen LogP contribution in [0.4, 0.5) is 10.1 Å². The summed E-state index contributed by atoms with van der Waals surface area (Å²) in [4.78, 5) is 2.16. The predicted molar refractivity (Wildman–Crippen MR) is 68.4 cm³/mol. The van der Waals surface area contributed by atoms with Gasteiger partial charge in [-0.1, -0.05) is 13.0 Å². The van der Waals surface area contributed by atoms with Gasteiger partial charge in [0.2, 0.25) is 0 Å². The lowest BCUT2D eigenvalue weighted by atomic mass is 10.1. The lowest BCUT2D eigenvalue weighted by Crippen LogP contribution is -2.51. The van der Waals surface area contributed by atoms with E-state index in [1.165, 1.54) is 6.07 Å². The van der Waals surface area contributed by atoms with E-state index < -0.39 is 0 Å². The molecule has 0 bridgehead atoms. The number of rotatable bonds is 2. The number of piperazine rings is 1. The lowest BCUT2D eigenvalue weighted by Gasteiger charge is -2.38. The molecule has 1 atom stereocenters. The van der Waals surface area contributed by atoms with Gasteiger partial charge in [-0.2, -0.15) is 0 Å². The number of halogens is 2.